The molecule has 4 aromatic rings. The molecule has 0 amide bonds. The summed E-state index contributed by atoms with van der Waals surface area (Å²) in [6, 6.07) is 32.1. The van der Waals surface area contributed by atoms with E-state index in [1.54, 1.807) is 0 Å². The summed E-state index contributed by atoms with van der Waals surface area (Å²) in [4.78, 5) is 0. The van der Waals surface area contributed by atoms with Gasteiger partial charge >= 0.3 is 7.12 Å². The van der Waals surface area contributed by atoms with E-state index in [1.807, 2.05) is 0 Å². The molecule has 4 aromatic carbocycles. The molecule has 0 saturated carbocycles. The van der Waals surface area contributed by atoms with E-state index < -0.39 is 0 Å². The average molecular weight is 406 g/mol. The van der Waals surface area contributed by atoms with Gasteiger partial charge in [-0.15, -0.1) is 0 Å². The molecule has 3 heteroatoms. The van der Waals surface area contributed by atoms with Crippen LogP contribution in [0.15, 0.2) is 91.0 Å². The molecule has 0 atom stereocenters. The van der Waals surface area contributed by atoms with Gasteiger partial charge in [-0.1, -0.05) is 91.0 Å². The van der Waals surface area contributed by atoms with Gasteiger partial charge in [-0.25, -0.2) is 0 Å². The number of benzene rings is 4. The fourth-order valence-corrected chi connectivity index (χ4v) is 4.32. The van der Waals surface area contributed by atoms with Crippen molar-refractivity contribution in [3.63, 3.8) is 0 Å². The van der Waals surface area contributed by atoms with E-state index in [9.17, 15) is 0 Å². The van der Waals surface area contributed by atoms with Crippen molar-refractivity contribution in [2.45, 2.75) is 38.9 Å². The predicted molar refractivity (Wildman–Crippen MR) is 131 cm³/mol. The summed E-state index contributed by atoms with van der Waals surface area (Å²) < 4.78 is 12.7. The molecule has 31 heavy (non-hydrogen) atoms. The third-order valence-electron chi connectivity index (χ3n) is 6.77. The van der Waals surface area contributed by atoms with Gasteiger partial charge in [0.25, 0.3) is 0 Å². The Morgan fingerprint density at radius 1 is 0.516 bits per heavy atom. The van der Waals surface area contributed by atoms with Crippen LogP contribution in [0.4, 0.5) is 0 Å². The molecule has 0 unspecified atom stereocenters. The van der Waals surface area contributed by atoms with Crippen molar-refractivity contribution in [2.75, 3.05) is 0 Å². The van der Waals surface area contributed by atoms with Crippen molar-refractivity contribution < 1.29 is 9.31 Å². The van der Waals surface area contributed by atoms with Crippen LogP contribution in [-0.4, -0.2) is 18.3 Å². The molecule has 0 aromatic heterocycles. The minimum absolute atomic E-state index is 0.364. The molecule has 5 rings (SSSR count). The lowest BCUT2D eigenvalue weighted by atomic mass is 9.74. The van der Waals surface area contributed by atoms with Crippen LogP contribution >= 0.6 is 0 Å². The molecule has 1 saturated heterocycles. The predicted octanol–water partition coefficient (Wildman–Crippen LogP) is 6.47. The van der Waals surface area contributed by atoms with E-state index in [4.69, 9.17) is 9.31 Å². The van der Waals surface area contributed by atoms with Gasteiger partial charge in [0.1, 0.15) is 0 Å². The molecule has 1 heterocycles. The lowest BCUT2D eigenvalue weighted by Crippen LogP contribution is -2.41. The van der Waals surface area contributed by atoms with E-state index in [1.165, 1.54) is 33.0 Å². The number of hydrogen-bond donors (Lipinski definition) is 0. The molecule has 1 aliphatic heterocycles. The van der Waals surface area contributed by atoms with Crippen LogP contribution in [0, 0.1) is 0 Å². The van der Waals surface area contributed by atoms with Gasteiger partial charge in [0.2, 0.25) is 0 Å². The highest BCUT2D eigenvalue weighted by molar-refractivity contribution is 6.65. The molecule has 0 N–H and O–H groups in total. The Hall–Kier alpha value is -2.88. The molecule has 154 valence electrons. The molecule has 1 aliphatic rings. The first kappa shape index (κ1) is 20.1. The first-order valence-corrected chi connectivity index (χ1v) is 10.9. The Morgan fingerprint density at radius 2 is 1.06 bits per heavy atom. The van der Waals surface area contributed by atoms with Gasteiger partial charge in [-0.05, 0) is 66.2 Å². The fourth-order valence-electron chi connectivity index (χ4n) is 4.32. The van der Waals surface area contributed by atoms with Crippen molar-refractivity contribution >= 4 is 23.4 Å². The maximum Gasteiger partial charge on any atom is 0.495 e. The molecule has 0 spiro atoms. The van der Waals surface area contributed by atoms with E-state index in [2.05, 4.69) is 119 Å². The number of hydrogen-bond acceptors (Lipinski definition) is 2. The molecular weight excluding hydrogens is 379 g/mol. The zero-order valence-electron chi connectivity index (χ0n) is 18.6. The quantitative estimate of drug-likeness (QED) is 0.363. The first-order valence-electron chi connectivity index (χ1n) is 10.9. The molecule has 1 fully saturated rings. The Bertz CT molecular complexity index is 1230. The third-order valence-corrected chi connectivity index (χ3v) is 6.77. The zero-order valence-corrected chi connectivity index (χ0v) is 18.6. The van der Waals surface area contributed by atoms with E-state index in [-0.39, 0.29) is 18.3 Å². The van der Waals surface area contributed by atoms with Crippen molar-refractivity contribution in [3.05, 3.63) is 91.0 Å². The second-order valence-corrected chi connectivity index (χ2v) is 9.25. The molecular formula is C28H27BO2. The third kappa shape index (κ3) is 3.38. The van der Waals surface area contributed by atoms with Crippen LogP contribution in [0.1, 0.15) is 27.7 Å². The first-order chi connectivity index (χ1) is 14.9. The van der Waals surface area contributed by atoms with Crippen LogP contribution in [-0.2, 0) is 9.31 Å². The van der Waals surface area contributed by atoms with Crippen molar-refractivity contribution in [3.8, 4) is 22.3 Å². The molecule has 0 aliphatic carbocycles. The lowest BCUT2D eigenvalue weighted by Gasteiger charge is -2.32. The van der Waals surface area contributed by atoms with Crippen LogP contribution in [0.3, 0.4) is 0 Å². The Kier molecular flexibility index (Phi) is 4.77. The van der Waals surface area contributed by atoms with Crippen molar-refractivity contribution in [2.24, 2.45) is 0 Å². The summed E-state index contributed by atoms with van der Waals surface area (Å²) in [5.41, 5.74) is 5.25. The molecule has 2 nitrogen and oxygen atoms in total. The van der Waals surface area contributed by atoms with E-state index in [0.29, 0.717) is 0 Å². The van der Waals surface area contributed by atoms with Gasteiger partial charge in [0, 0.05) is 0 Å². The highest BCUT2D eigenvalue weighted by Gasteiger charge is 2.52. The summed E-state index contributed by atoms with van der Waals surface area (Å²) in [6.07, 6.45) is 0. The van der Waals surface area contributed by atoms with Crippen LogP contribution in [0.5, 0.6) is 0 Å². The van der Waals surface area contributed by atoms with Crippen molar-refractivity contribution in [1.82, 2.24) is 0 Å². The standard InChI is InChI=1S/C28H27BO2/c1-27(2)28(3,4)31-29(30-27)26-19-18-24(23-16-10-11-17-25(23)26)22-15-9-8-14-21(22)20-12-6-5-7-13-20/h5-19H,1-4H3. The van der Waals surface area contributed by atoms with Crippen LogP contribution in [0.2, 0.25) is 0 Å². The largest absolute Gasteiger partial charge is 0.495 e. The van der Waals surface area contributed by atoms with E-state index >= 15 is 0 Å². The van der Waals surface area contributed by atoms with Gasteiger partial charge in [-0.2, -0.15) is 0 Å². The normalized spacial score (nSPS) is 17.2. The highest BCUT2D eigenvalue weighted by Crippen LogP contribution is 2.39. The topological polar surface area (TPSA) is 18.5 Å². The van der Waals surface area contributed by atoms with Gasteiger partial charge in [-0.3, -0.25) is 0 Å². The second-order valence-electron chi connectivity index (χ2n) is 9.25. The minimum Gasteiger partial charge on any atom is -0.399 e. The summed E-state index contributed by atoms with van der Waals surface area (Å²) in [6.45, 7) is 8.39. The Balaban J connectivity index is 1.67. The van der Waals surface area contributed by atoms with Gasteiger partial charge in [0.15, 0.2) is 0 Å². The molecule has 0 bridgehead atoms. The number of rotatable bonds is 3. The summed E-state index contributed by atoms with van der Waals surface area (Å²) in [5, 5.41) is 2.37. The highest BCUT2D eigenvalue weighted by atomic mass is 16.7. The summed E-state index contributed by atoms with van der Waals surface area (Å²) >= 11 is 0. The van der Waals surface area contributed by atoms with Gasteiger partial charge in [0.05, 0.1) is 11.2 Å². The van der Waals surface area contributed by atoms with Crippen LogP contribution in [0.25, 0.3) is 33.0 Å². The lowest BCUT2D eigenvalue weighted by molar-refractivity contribution is 0.00578. The van der Waals surface area contributed by atoms with Gasteiger partial charge < -0.3 is 9.31 Å². The fraction of sp³-hybridized carbons (Fsp3) is 0.214. The Labute approximate surface area is 185 Å². The number of fused-ring (bicyclic) bond motifs is 1. The van der Waals surface area contributed by atoms with E-state index in [0.717, 1.165) is 5.46 Å². The second kappa shape index (κ2) is 7.37. The maximum atomic E-state index is 6.37. The van der Waals surface area contributed by atoms with Crippen molar-refractivity contribution in [1.29, 1.82) is 0 Å². The maximum absolute atomic E-state index is 6.37. The smallest absolute Gasteiger partial charge is 0.399 e. The summed E-state index contributed by atoms with van der Waals surface area (Å²) in [5.74, 6) is 0. The average Bonchev–Trinajstić information content (AvgIpc) is 3.00. The molecule has 0 radical (unpaired) electrons. The monoisotopic (exact) mass is 406 g/mol. The minimum atomic E-state index is -0.381. The summed E-state index contributed by atoms with van der Waals surface area (Å²) in [7, 11) is -0.381. The zero-order chi connectivity index (χ0) is 21.6. The Morgan fingerprint density at radius 3 is 1.74 bits per heavy atom. The SMILES string of the molecule is CC1(C)OB(c2ccc(-c3ccccc3-c3ccccc3)c3ccccc23)OC1(C)C. The van der Waals surface area contributed by atoms with Crippen LogP contribution < -0.4 is 5.46 Å².